The van der Waals surface area contributed by atoms with Gasteiger partial charge in [0.25, 0.3) is 5.91 Å². The lowest BCUT2D eigenvalue weighted by atomic mass is 10.1. The third-order valence-electron chi connectivity index (χ3n) is 4.53. The number of para-hydroxylation sites is 1. The van der Waals surface area contributed by atoms with Crippen LogP contribution in [0.5, 0.6) is 0 Å². The Hall–Kier alpha value is -2.95. The van der Waals surface area contributed by atoms with Gasteiger partial charge in [0.05, 0.1) is 11.3 Å². The third-order valence-corrected chi connectivity index (χ3v) is 4.53. The summed E-state index contributed by atoms with van der Waals surface area (Å²) in [5, 5.41) is 7.79. The summed E-state index contributed by atoms with van der Waals surface area (Å²) in [6.45, 7) is 4.24. The summed E-state index contributed by atoms with van der Waals surface area (Å²) in [5.74, 6) is -0.0972. The lowest BCUT2D eigenvalue weighted by molar-refractivity contribution is 0.0938. The number of pyridine rings is 1. The van der Waals surface area contributed by atoms with Gasteiger partial charge in [-0.3, -0.25) is 9.78 Å². The van der Waals surface area contributed by atoms with E-state index in [4.69, 9.17) is 0 Å². The summed E-state index contributed by atoms with van der Waals surface area (Å²) in [7, 11) is 0. The molecule has 0 aliphatic heterocycles. The largest absolute Gasteiger partial charge is 0.349 e. The first-order chi connectivity index (χ1) is 13.2. The molecule has 0 saturated heterocycles. The second-order valence-electron chi connectivity index (χ2n) is 6.78. The molecule has 0 saturated carbocycles. The van der Waals surface area contributed by atoms with Gasteiger partial charge in [-0.05, 0) is 37.6 Å². The monoisotopic (exact) mass is 362 g/mol. The molecule has 1 aromatic carbocycles. The number of nitrogens with one attached hydrogen (secondary N) is 1. The summed E-state index contributed by atoms with van der Waals surface area (Å²) in [6.07, 6.45) is 9.71. The number of carbonyl (C=O) groups excluding carboxylic acids is 1. The van der Waals surface area contributed by atoms with Crippen LogP contribution in [0.15, 0.2) is 61.1 Å². The molecule has 3 aromatic rings. The number of rotatable bonds is 8. The van der Waals surface area contributed by atoms with E-state index in [0.717, 1.165) is 24.1 Å². The van der Waals surface area contributed by atoms with Crippen LogP contribution in [-0.2, 0) is 0 Å². The Morgan fingerprint density at radius 3 is 2.67 bits per heavy atom. The Labute approximate surface area is 160 Å². The van der Waals surface area contributed by atoms with Crippen LogP contribution in [0.25, 0.3) is 16.9 Å². The average Bonchev–Trinajstić information content (AvgIpc) is 3.15. The standard InChI is InChI=1S/C22H26N4O/c1-3-4-6-10-17(2)24-22(27)20-16-26(19-12-7-5-8-13-19)25-21(20)18-11-9-14-23-15-18/h5,7-9,11-17H,3-4,6,10H2,1-2H3,(H,24,27). The van der Waals surface area contributed by atoms with E-state index in [0.29, 0.717) is 11.3 Å². The molecule has 3 rings (SSSR count). The van der Waals surface area contributed by atoms with Crippen LogP contribution in [0.2, 0.25) is 0 Å². The molecule has 0 radical (unpaired) electrons. The van der Waals surface area contributed by atoms with Crippen molar-refractivity contribution >= 4 is 5.91 Å². The summed E-state index contributed by atoms with van der Waals surface area (Å²) in [5.41, 5.74) is 2.95. The Bertz CT molecular complexity index is 859. The average molecular weight is 362 g/mol. The Morgan fingerprint density at radius 2 is 1.96 bits per heavy atom. The molecule has 1 amide bonds. The highest BCUT2D eigenvalue weighted by Crippen LogP contribution is 2.23. The van der Waals surface area contributed by atoms with E-state index >= 15 is 0 Å². The van der Waals surface area contributed by atoms with Gasteiger partial charge in [-0.1, -0.05) is 44.4 Å². The molecule has 2 heterocycles. The summed E-state index contributed by atoms with van der Waals surface area (Å²) in [6, 6.07) is 13.7. The number of amides is 1. The van der Waals surface area contributed by atoms with Crippen molar-refractivity contribution in [1.29, 1.82) is 0 Å². The minimum atomic E-state index is -0.0972. The van der Waals surface area contributed by atoms with E-state index < -0.39 is 0 Å². The van der Waals surface area contributed by atoms with E-state index in [-0.39, 0.29) is 11.9 Å². The van der Waals surface area contributed by atoms with Crippen molar-refractivity contribution in [3.05, 3.63) is 66.6 Å². The van der Waals surface area contributed by atoms with Crippen LogP contribution >= 0.6 is 0 Å². The maximum Gasteiger partial charge on any atom is 0.255 e. The lowest BCUT2D eigenvalue weighted by Crippen LogP contribution is -2.32. The highest BCUT2D eigenvalue weighted by Gasteiger charge is 2.20. The van der Waals surface area contributed by atoms with Gasteiger partial charge < -0.3 is 5.32 Å². The van der Waals surface area contributed by atoms with Crippen molar-refractivity contribution in [3.8, 4) is 16.9 Å². The van der Waals surface area contributed by atoms with Gasteiger partial charge in [-0.15, -0.1) is 0 Å². The maximum absolute atomic E-state index is 12.9. The van der Waals surface area contributed by atoms with Gasteiger partial charge in [0.2, 0.25) is 0 Å². The van der Waals surface area contributed by atoms with Gasteiger partial charge in [0.15, 0.2) is 0 Å². The molecule has 1 N–H and O–H groups in total. The number of carbonyl (C=O) groups is 1. The van der Waals surface area contributed by atoms with Crippen molar-refractivity contribution in [1.82, 2.24) is 20.1 Å². The lowest BCUT2D eigenvalue weighted by Gasteiger charge is -2.13. The first-order valence-electron chi connectivity index (χ1n) is 9.55. The van der Waals surface area contributed by atoms with Crippen LogP contribution in [-0.4, -0.2) is 26.7 Å². The number of unbranched alkanes of at least 4 members (excludes halogenated alkanes) is 2. The van der Waals surface area contributed by atoms with Gasteiger partial charge in [-0.25, -0.2) is 4.68 Å². The van der Waals surface area contributed by atoms with Gasteiger partial charge in [0.1, 0.15) is 5.69 Å². The molecule has 0 bridgehead atoms. The molecule has 5 nitrogen and oxygen atoms in total. The second kappa shape index (κ2) is 9.12. The quantitative estimate of drug-likeness (QED) is 0.594. The third kappa shape index (κ3) is 4.82. The van der Waals surface area contributed by atoms with Crippen molar-refractivity contribution in [3.63, 3.8) is 0 Å². The molecular formula is C22H26N4O. The minimum Gasteiger partial charge on any atom is -0.349 e. The fourth-order valence-corrected chi connectivity index (χ4v) is 3.04. The maximum atomic E-state index is 12.9. The zero-order valence-electron chi connectivity index (χ0n) is 15.9. The molecular weight excluding hydrogens is 336 g/mol. The van der Waals surface area contributed by atoms with E-state index in [1.165, 1.54) is 12.8 Å². The Balaban J connectivity index is 1.88. The molecule has 1 unspecified atom stereocenters. The van der Waals surface area contributed by atoms with Crippen molar-refractivity contribution in [2.75, 3.05) is 0 Å². The SMILES string of the molecule is CCCCCC(C)NC(=O)c1cn(-c2ccccc2)nc1-c1cccnc1. The number of aromatic nitrogens is 3. The second-order valence-corrected chi connectivity index (χ2v) is 6.78. The number of nitrogens with zero attached hydrogens (tertiary/aromatic N) is 3. The fraction of sp³-hybridized carbons (Fsp3) is 0.318. The van der Waals surface area contributed by atoms with Gasteiger partial charge in [0, 0.05) is 30.2 Å². The normalized spacial score (nSPS) is 11.9. The van der Waals surface area contributed by atoms with Crippen LogP contribution in [0.4, 0.5) is 0 Å². The van der Waals surface area contributed by atoms with Crippen LogP contribution in [0.3, 0.4) is 0 Å². The zero-order chi connectivity index (χ0) is 19.1. The van der Waals surface area contributed by atoms with E-state index in [1.807, 2.05) is 42.5 Å². The highest BCUT2D eigenvalue weighted by atomic mass is 16.1. The smallest absolute Gasteiger partial charge is 0.255 e. The van der Waals surface area contributed by atoms with Crippen molar-refractivity contribution in [2.24, 2.45) is 0 Å². The first kappa shape index (κ1) is 18.8. The molecule has 2 aromatic heterocycles. The molecule has 1 atom stereocenters. The van der Waals surface area contributed by atoms with Crippen molar-refractivity contribution < 1.29 is 4.79 Å². The summed E-state index contributed by atoms with van der Waals surface area (Å²) in [4.78, 5) is 17.1. The zero-order valence-corrected chi connectivity index (χ0v) is 15.9. The number of benzene rings is 1. The van der Waals surface area contributed by atoms with Gasteiger partial charge >= 0.3 is 0 Å². The summed E-state index contributed by atoms with van der Waals surface area (Å²) >= 11 is 0. The fourth-order valence-electron chi connectivity index (χ4n) is 3.04. The topological polar surface area (TPSA) is 59.8 Å². The molecule has 140 valence electrons. The predicted octanol–water partition coefficient (Wildman–Crippen LogP) is 4.63. The van der Waals surface area contributed by atoms with Crippen LogP contribution in [0.1, 0.15) is 49.9 Å². The Morgan fingerprint density at radius 1 is 1.15 bits per heavy atom. The van der Waals surface area contributed by atoms with E-state index in [9.17, 15) is 4.79 Å². The van der Waals surface area contributed by atoms with E-state index in [2.05, 4.69) is 29.2 Å². The van der Waals surface area contributed by atoms with Crippen LogP contribution < -0.4 is 5.32 Å². The molecule has 0 fully saturated rings. The summed E-state index contributed by atoms with van der Waals surface area (Å²) < 4.78 is 1.75. The minimum absolute atomic E-state index is 0.0972. The molecule has 0 spiro atoms. The number of hydrogen-bond donors (Lipinski definition) is 1. The molecule has 27 heavy (non-hydrogen) atoms. The molecule has 0 aliphatic carbocycles. The predicted molar refractivity (Wildman–Crippen MR) is 108 cm³/mol. The number of hydrogen-bond acceptors (Lipinski definition) is 3. The van der Waals surface area contributed by atoms with Crippen molar-refractivity contribution in [2.45, 2.75) is 45.6 Å². The van der Waals surface area contributed by atoms with Crippen LogP contribution in [0, 0.1) is 0 Å². The highest BCUT2D eigenvalue weighted by molar-refractivity contribution is 6.00. The first-order valence-corrected chi connectivity index (χ1v) is 9.55. The van der Waals surface area contributed by atoms with E-state index in [1.54, 1.807) is 23.3 Å². The Kier molecular flexibility index (Phi) is 6.36. The molecule has 0 aliphatic rings. The molecule has 5 heteroatoms. The van der Waals surface area contributed by atoms with Gasteiger partial charge in [-0.2, -0.15) is 5.10 Å².